The molecule has 0 amide bonds. The zero-order chi connectivity index (χ0) is 14.4. The highest BCUT2D eigenvalue weighted by Gasteiger charge is 2.29. The first kappa shape index (κ1) is 15.1. The minimum atomic E-state index is -0.293. The summed E-state index contributed by atoms with van der Waals surface area (Å²) in [6.07, 6.45) is 7.29. The van der Waals surface area contributed by atoms with Crippen molar-refractivity contribution in [2.45, 2.75) is 32.2 Å². The highest BCUT2D eigenvalue weighted by molar-refractivity contribution is 9.10. The predicted molar refractivity (Wildman–Crippen MR) is 84.7 cm³/mol. The number of hydrogen-bond acceptors (Lipinski definition) is 3. The first-order valence-electron chi connectivity index (χ1n) is 7.05. The minimum Gasteiger partial charge on any atom is -0.464 e. The molecule has 0 heterocycles. The second kappa shape index (κ2) is 7.48. The smallest absolute Gasteiger partial charge is 0.328 e. The van der Waals surface area contributed by atoms with Crippen molar-refractivity contribution in [2.24, 2.45) is 5.92 Å². The lowest BCUT2D eigenvalue weighted by atomic mass is 9.87. The van der Waals surface area contributed by atoms with Crippen molar-refractivity contribution in [3.63, 3.8) is 0 Å². The van der Waals surface area contributed by atoms with Crippen molar-refractivity contribution in [3.8, 4) is 0 Å². The Labute approximate surface area is 128 Å². The topological polar surface area (TPSA) is 38.3 Å². The van der Waals surface area contributed by atoms with Crippen LogP contribution >= 0.6 is 15.9 Å². The van der Waals surface area contributed by atoms with Gasteiger partial charge in [-0.2, -0.15) is 0 Å². The summed E-state index contributed by atoms with van der Waals surface area (Å²) in [7, 11) is 0. The zero-order valence-corrected chi connectivity index (χ0v) is 13.2. The van der Waals surface area contributed by atoms with Gasteiger partial charge < -0.3 is 10.1 Å². The van der Waals surface area contributed by atoms with Crippen molar-refractivity contribution >= 4 is 27.6 Å². The van der Waals surface area contributed by atoms with Crippen LogP contribution in [-0.2, 0) is 9.53 Å². The van der Waals surface area contributed by atoms with E-state index in [1.54, 1.807) is 0 Å². The lowest BCUT2D eigenvalue weighted by Crippen LogP contribution is -2.39. The van der Waals surface area contributed by atoms with E-state index in [1.807, 2.05) is 31.2 Å². The van der Waals surface area contributed by atoms with Crippen LogP contribution in [0.4, 0.5) is 5.69 Å². The fraction of sp³-hybridized carbons (Fsp3) is 0.438. The molecule has 0 saturated heterocycles. The van der Waals surface area contributed by atoms with Crippen LogP contribution in [0.2, 0.25) is 0 Å². The average Bonchev–Trinajstić information content (AvgIpc) is 2.47. The van der Waals surface area contributed by atoms with E-state index in [1.165, 1.54) is 0 Å². The molecule has 20 heavy (non-hydrogen) atoms. The third-order valence-corrected chi connectivity index (χ3v) is 4.20. The molecule has 0 bridgehead atoms. The van der Waals surface area contributed by atoms with E-state index in [9.17, 15) is 4.79 Å². The summed E-state index contributed by atoms with van der Waals surface area (Å²) >= 11 is 3.51. The van der Waals surface area contributed by atoms with Gasteiger partial charge in [-0.05, 0) is 60.2 Å². The van der Waals surface area contributed by atoms with Crippen LogP contribution in [0.5, 0.6) is 0 Å². The molecule has 0 spiro atoms. The standard InChI is InChI=1S/C16H20BrNO2/c1-2-20-16(19)15(12-8-4-3-5-9-12)18-14-11-7-6-10-13(14)17/h3-4,6-7,10-12,15,18H,2,5,8-9H2,1H3. The lowest BCUT2D eigenvalue weighted by Gasteiger charge is -2.28. The number of esters is 1. The Morgan fingerprint density at radius 3 is 2.90 bits per heavy atom. The van der Waals surface area contributed by atoms with Gasteiger partial charge in [-0.25, -0.2) is 4.79 Å². The van der Waals surface area contributed by atoms with E-state index < -0.39 is 0 Å². The molecule has 1 aliphatic rings. The van der Waals surface area contributed by atoms with Gasteiger partial charge in [0.25, 0.3) is 0 Å². The van der Waals surface area contributed by atoms with Gasteiger partial charge >= 0.3 is 5.97 Å². The minimum absolute atomic E-state index is 0.163. The quantitative estimate of drug-likeness (QED) is 0.647. The van der Waals surface area contributed by atoms with Gasteiger partial charge in [-0.3, -0.25) is 0 Å². The normalized spacial score (nSPS) is 19.4. The van der Waals surface area contributed by atoms with Gasteiger partial charge in [0.15, 0.2) is 0 Å². The number of allylic oxidation sites excluding steroid dienone is 2. The molecule has 2 rings (SSSR count). The molecular formula is C16H20BrNO2. The molecule has 0 aliphatic heterocycles. The van der Waals surface area contributed by atoms with E-state index >= 15 is 0 Å². The molecule has 1 aliphatic carbocycles. The SMILES string of the molecule is CCOC(=O)C(Nc1ccccc1Br)C1CC=CCC1. The number of hydrogen-bond donors (Lipinski definition) is 1. The summed E-state index contributed by atoms with van der Waals surface area (Å²) in [5.74, 6) is 0.120. The molecule has 0 saturated carbocycles. The average molecular weight is 338 g/mol. The second-order valence-electron chi connectivity index (χ2n) is 4.90. The van der Waals surface area contributed by atoms with Crippen LogP contribution in [0.25, 0.3) is 0 Å². The zero-order valence-electron chi connectivity index (χ0n) is 11.6. The van der Waals surface area contributed by atoms with Crippen molar-refractivity contribution in [1.82, 2.24) is 0 Å². The van der Waals surface area contributed by atoms with Gasteiger partial charge in [0, 0.05) is 10.2 Å². The molecule has 1 aromatic carbocycles. The number of carbonyl (C=O) groups excluding carboxylic acids is 1. The number of rotatable bonds is 5. The predicted octanol–water partition coefficient (Wildman–Crippen LogP) is 4.15. The number of para-hydroxylation sites is 1. The second-order valence-corrected chi connectivity index (χ2v) is 5.75. The Morgan fingerprint density at radius 1 is 1.45 bits per heavy atom. The largest absolute Gasteiger partial charge is 0.464 e. The van der Waals surface area contributed by atoms with Gasteiger partial charge in [0.2, 0.25) is 0 Å². The molecule has 2 unspecified atom stereocenters. The Hall–Kier alpha value is -1.29. The van der Waals surface area contributed by atoms with E-state index in [-0.39, 0.29) is 17.9 Å². The van der Waals surface area contributed by atoms with E-state index in [2.05, 4.69) is 33.4 Å². The molecule has 1 aromatic rings. The fourth-order valence-corrected chi connectivity index (χ4v) is 2.87. The first-order valence-corrected chi connectivity index (χ1v) is 7.84. The maximum Gasteiger partial charge on any atom is 0.328 e. The van der Waals surface area contributed by atoms with Gasteiger partial charge in [-0.15, -0.1) is 0 Å². The van der Waals surface area contributed by atoms with Crippen LogP contribution in [0.15, 0.2) is 40.9 Å². The van der Waals surface area contributed by atoms with Gasteiger partial charge in [0.1, 0.15) is 6.04 Å². The van der Waals surface area contributed by atoms with Crippen LogP contribution in [0, 0.1) is 5.92 Å². The molecule has 3 nitrogen and oxygen atoms in total. The molecule has 0 radical (unpaired) electrons. The summed E-state index contributed by atoms with van der Waals surface area (Å²) in [5.41, 5.74) is 0.931. The number of ether oxygens (including phenoxy) is 1. The number of anilines is 1. The monoisotopic (exact) mass is 337 g/mol. The number of benzene rings is 1. The van der Waals surface area contributed by atoms with Gasteiger partial charge in [-0.1, -0.05) is 24.3 Å². The summed E-state index contributed by atoms with van der Waals surface area (Å²) in [6, 6.07) is 7.55. The Bertz CT molecular complexity index is 487. The Balaban J connectivity index is 2.15. The first-order chi connectivity index (χ1) is 9.72. The number of carbonyl (C=O) groups is 1. The third kappa shape index (κ3) is 3.85. The highest BCUT2D eigenvalue weighted by Crippen LogP contribution is 2.28. The fourth-order valence-electron chi connectivity index (χ4n) is 2.47. The molecule has 108 valence electrons. The van der Waals surface area contributed by atoms with Crippen molar-refractivity contribution in [1.29, 1.82) is 0 Å². The van der Waals surface area contributed by atoms with E-state index in [0.717, 1.165) is 29.4 Å². The number of nitrogens with one attached hydrogen (secondary N) is 1. The molecular weight excluding hydrogens is 318 g/mol. The van der Waals surface area contributed by atoms with Gasteiger partial charge in [0.05, 0.1) is 6.61 Å². The lowest BCUT2D eigenvalue weighted by molar-refractivity contribution is -0.145. The maximum absolute atomic E-state index is 12.2. The van der Waals surface area contributed by atoms with Crippen LogP contribution in [-0.4, -0.2) is 18.6 Å². The maximum atomic E-state index is 12.2. The van der Waals surface area contributed by atoms with Crippen LogP contribution < -0.4 is 5.32 Å². The Morgan fingerprint density at radius 2 is 2.25 bits per heavy atom. The van der Waals surface area contributed by atoms with Crippen LogP contribution in [0.3, 0.4) is 0 Å². The molecule has 0 fully saturated rings. The Kier molecular flexibility index (Phi) is 5.65. The third-order valence-electron chi connectivity index (χ3n) is 3.51. The summed E-state index contributed by atoms with van der Waals surface area (Å²) in [5, 5.41) is 3.35. The number of halogens is 1. The molecule has 4 heteroatoms. The summed E-state index contributed by atoms with van der Waals surface area (Å²) in [4.78, 5) is 12.2. The van der Waals surface area contributed by atoms with E-state index in [0.29, 0.717) is 6.61 Å². The van der Waals surface area contributed by atoms with Crippen molar-refractivity contribution in [3.05, 3.63) is 40.9 Å². The molecule has 2 atom stereocenters. The summed E-state index contributed by atoms with van der Waals surface area (Å²) < 4.78 is 6.19. The van der Waals surface area contributed by atoms with Crippen molar-refractivity contribution in [2.75, 3.05) is 11.9 Å². The van der Waals surface area contributed by atoms with Crippen LogP contribution in [0.1, 0.15) is 26.2 Å². The van der Waals surface area contributed by atoms with E-state index in [4.69, 9.17) is 4.74 Å². The highest BCUT2D eigenvalue weighted by atomic mass is 79.9. The molecule has 1 N–H and O–H groups in total. The van der Waals surface area contributed by atoms with Crippen molar-refractivity contribution < 1.29 is 9.53 Å². The summed E-state index contributed by atoms with van der Waals surface area (Å²) in [6.45, 7) is 2.25. The molecule has 0 aromatic heterocycles.